The Hall–Kier alpha value is -2.91. The van der Waals surface area contributed by atoms with E-state index in [0.29, 0.717) is 26.2 Å². The monoisotopic (exact) mass is 718 g/mol. The van der Waals surface area contributed by atoms with Crippen LogP contribution >= 0.6 is 6.72 Å². The van der Waals surface area contributed by atoms with E-state index >= 15 is 0 Å². The Kier molecular flexibility index (Phi) is 13.8. The van der Waals surface area contributed by atoms with Crippen LogP contribution in [0.5, 0.6) is 5.75 Å². The molecular formula is C41H51O7PS. The van der Waals surface area contributed by atoms with Crippen LogP contribution in [-0.4, -0.2) is 44.7 Å². The normalized spacial score (nSPS) is 18.4. The second-order valence-electron chi connectivity index (χ2n) is 13.5. The fraction of sp³-hybridized carbons (Fsp3) is 0.415. The molecule has 4 aromatic rings. The lowest BCUT2D eigenvalue weighted by Crippen LogP contribution is -2.34. The van der Waals surface area contributed by atoms with E-state index in [-0.39, 0.29) is 18.5 Å². The molecule has 0 aliphatic carbocycles. The molecule has 1 heterocycles. The Labute approximate surface area is 303 Å². The number of hydrogen-bond donors (Lipinski definition) is 0. The molecule has 0 N–H and O–H groups in total. The standard InChI is InChI=1S/C41H51O7PS/c1-32(28-30-44-41(34-17-9-6-10-18-34,35-19-11-7-12-20-35)36-21-13-8-14-22-36)47-49(50,48-40(2,3)4)45-29-16-15-23-38-31-43-39(46-38)33-24-26-37(42-5)27-25-33/h6-14,17-22,24-27,32,38-39H,15-16,23,28-31H2,1-5H3. The van der Waals surface area contributed by atoms with Crippen molar-refractivity contribution in [3.05, 3.63) is 138 Å². The molecule has 1 aliphatic rings. The maximum Gasteiger partial charge on any atom is 0.327 e. The van der Waals surface area contributed by atoms with Crippen LogP contribution in [0, 0.1) is 0 Å². The van der Waals surface area contributed by atoms with Crippen LogP contribution in [0.3, 0.4) is 0 Å². The minimum atomic E-state index is -3.06. The minimum Gasteiger partial charge on any atom is -0.497 e. The first-order valence-electron chi connectivity index (χ1n) is 17.5. The predicted octanol–water partition coefficient (Wildman–Crippen LogP) is 10.1. The summed E-state index contributed by atoms with van der Waals surface area (Å²) in [6, 6.07) is 38.9. The highest BCUT2D eigenvalue weighted by Gasteiger charge is 2.38. The lowest BCUT2D eigenvalue weighted by molar-refractivity contribution is -0.0614. The average Bonchev–Trinajstić information content (AvgIpc) is 3.59. The van der Waals surface area contributed by atoms with Crippen LogP contribution in [0.15, 0.2) is 115 Å². The molecule has 4 aromatic carbocycles. The van der Waals surface area contributed by atoms with Gasteiger partial charge in [0.1, 0.15) is 11.4 Å². The Bertz CT molecular complexity index is 1520. The molecule has 4 atom stereocenters. The summed E-state index contributed by atoms with van der Waals surface area (Å²) in [5, 5.41) is 0. The van der Waals surface area contributed by atoms with Gasteiger partial charge in [0, 0.05) is 5.56 Å². The van der Waals surface area contributed by atoms with Crippen LogP contribution in [0.1, 0.15) is 81.9 Å². The number of hydrogen-bond acceptors (Lipinski definition) is 8. The molecule has 1 fully saturated rings. The fourth-order valence-electron chi connectivity index (χ4n) is 6.02. The van der Waals surface area contributed by atoms with Crippen molar-refractivity contribution >= 4 is 18.5 Å². The van der Waals surface area contributed by atoms with Gasteiger partial charge in [0.2, 0.25) is 0 Å². The largest absolute Gasteiger partial charge is 0.497 e. The lowest BCUT2D eigenvalue weighted by atomic mass is 9.80. The van der Waals surface area contributed by atoms with Gasteiger partial charge in [-0.3, -0.25) is 0 Å². The van der Waals surface area contributed by atoms with Gasteiger partial charge in [-0.2, -0.15) is 0 Å². The molecule has 4 unspecified atom stereocenters. The van der Waals surface area contributed by atoms with Crippen LogP contribution < -0.4 is 4.74 Å². The third-order valence-corrected chi connectivity index (χ3v) is 11.1. The zero-order chi connectivity index (χ0) is 35.5. The summed E-state index contributed by atoms with van der Waals surface area (Å²) < 4.78 is 43.3. The molecule has 0 radical (unpaired) electrons. The van der Waals surface area contributed by atoms with E-state index in [9.17, 15) is 0 Å². The van der Waals surface area contributed by atoms with Crippen molar-refractivity contribution in [2.75, 3.05) is 26.9 Å². The molecule has 7 nitrogen and oxygen atoms in total. The number of unbranched alkanes of at least 4 members (excludes halogenated alkanes) is 1. The van der Waals surface area contributed by atoms with Crippen molar-refractivity contribution in [2.24, 2.45) is 0 Å². The molecule has 0 bridgehead atoms. The first-order chi connectivity index (χ1) is 24.1. The summed E-state index contributed by atoms with van der Waals surface area (Å²) in [6.07, 6.45) is 2.57. The molecule has 0 spiro atoms. The first-order valence-corrected chi connectivity index (χ1v) is 20.0. The van der Waals surface area contributed by atoms with Crippen molar-refractivity contribution in [1.29, 1.82) is 0 Å². The van der Waals surface area contributed by atoms with Crippen LogP contribution in [0.4, 0.5) is 0 Å². The molecule has 0 saturated carbocycles. The smallest absolute Gasteiger partial charge is 0.327 e. The third kappa shape index (κ3) is 10.6. The summed E-state index contributed by atoms with van der Waals surface area (Å²) in [4.78, 5) is 0. The second-order valence-corrected chi connectivity index (χ2v) is 16.4. The molecular weight excluding hydrogens is 667 g/mol. The van der Waals surface area contributed by atoms with Gasteiger partial charge in [-0.15, -0.1) is 0 Å². The molecule has 5 rings (SSSR count). The molecule has 50 heavy (non-hydrogen) atoms. The van der Waals surface area contributed by atoms with E-state index in [1.54, 1.807) is 7.11 Å². The number of ether oxygens (including phenoxy) is 4. The molecule has 0 aromatic heterocycles. The predicted molar refractivity (Wildman–Crippen MR) is 202 cm³/mol. The SMILES string of the molecule is COc1ccc(C2OCC(CCCCOP(=S)(OC(C)CCOC(c3ccccc3)(c3ccccc3)c3ccccc3)OC(C)(C)C)O2)cc1. The third-order valence-electron chi connectivity index (χ3n) is 8.39. The summed E-state index contributed by atoms with van der Waals surface area (Å²) in [5.41, 5.74) is 2.83. The van der Waals surface area contributed by atoms with Gasteiger partial charge in [-0.1, -0.05) is 103 Å². The Balaban J connectivity index is 1.16. The van der Waals surface area contributed by atoms with Crippen molar-refractivity contribution in [1.82, 2.24) is 0 Å². The summed E-state index contributed by atoms with van der Waals surface area (Å²) in [5.74, 6) is 0.808. The van der Waals surface area contributed by atoms with Crippen LogP contribution in [0.25, 0.3) is 0 Å². The molecule has 9 heteroatoms. The van der Waals surface area contributed by atoms with Gasteiger partial charge >= 0.3 is 6.72 Å². The van der Waals surface area contributed by atoms with E-state index < -0.39 is 17.9 Å². The highest BCUT2D eigenvalue weighted by atomic mass is 32.5. The van der Waals surface area contributed by atoms with E-state index in [1.807, 2.05) is 70.2 Å². The lowest BCUT2D eigenvalue weighted by Gasteiger charge is -2.36. The van der Waals surface area contributed by atoms with Crippen molar-refractivity contribution in [2.45, 2.75) is 83.1 Å². The summed E-state index contributed by atoms with van der Waals surface area (Å²) in [6.45, 7) is 6.28. The van der Waals surface area contributed by atoms with Crippen LogP contribution in [0.2, 0.25) is 0 Å². The van der Waals surface area contributed by atoms with E-state index in [4.69, 9.17) is 44.3 Å². The van der Waals surface area contributed by atoms with Gasteiger partial charge in [0.15, 0.2) is 6.29 Å². The Morgan fingerprint density at radius 1 is 0.780 bits per heavy atom. The Morgan fingerprint density at radius 2 is 1.34 bits per heavy atom. The van der Waals surface area contributed by atoms with Crippen LogP contribution in [-0.2, 0) is 45.2 Å². The van der Waals surface area contributed by atoms with Crippen molar-refractivity contribution in [3.8, 4) is 5.75 Å². The van der Waals surface area contributed by atoms with E-state index in [0.717, 1.165) is 47.3 Å². The second kappa shape index (κ2) is 18.0. The fourth-order valence-corrected chi connectivity index (χ4v) is 9.08. The first kappa shape index (κ1) is 38.3. The molecule has 0 amide bonds. The van der Waals surface area contributed by atoms with E-state index in [1.165, 1.54) is 0 Å². The van der Waals surface area contributed by atoms with Gasteiger partial charge in [-0.05, 0) is 94.0 Å². The van der Waals surface area contributed by atoms with Crippen molar-refractivity contribution in [3.63, 3.8) is 0 Å². The quantitative estimate of drug-likeness (QED) is 0.0573. The maximum absolute atomic E-state index is 6.97. The van der Waals surface area contributed by atoms with Gasteiger partial charge in [-0.25, -0.2) is 0 Å². The van der Waals surface area contributed by atoms with Crippen molar-refractivity contribution < 1.29 is 32.5 Å². The number of methoxy groups -OCH3 is 1. The zero-order valence-corrected chi connectivity index (χ0v) is 31.6. The average molecular weight is 719 g/mol. The maximum atomic E-state index is 6.97. The zero-order valence-electron chi connectivity index (χ0n) is 29.9. The molecule has 1 saturated heterocycles. The summed E-state index contributed by atoms with van der Waals surface area (Å²) in [7, 11) is 1.66. The number of benzene rings is 4. The van der Waals surface area contributed by atoms with Gasteiger partial charge in [0.25, 0.3) is 0 Å². The topological polar surface area (TPSA) is 64.6 Å². The Morgan fingerprint density at radius 3 is 1.86 bits per heavy atom. The highest BCUT2D eigenvalue weighted by Crippen LogP contribution is 2.54. The van der Waals surface area contributed by atoms with Gasteiger partial charge in [0.05, 0.1) is 44.7 Å². The number of rotatable bonds is 18. The molecule has 1 aliphatic heterocycles. The molecule has 268 valence electrons. The van der Waals surface area contributed by atoms with E-state index in [2.05, 4.69) is 72.8 Å². The summed E-state index contributed by atoms with van der Waals surface area (Å²) >= 11 is 5.97. The highest BCUT2D eigenvalue weighted by molar-refractivity contribution is 8.07. The van der Waals surface area contributed by atoms with Gasteiger partial charge < -0.3 is 32.5 Å². The minimum absolute atomic E-state index is 0.0297.